The van der Waals surface area contributed by atoms with Crippen molar-refractivity contribution in [2.75, 3.05) is 0 Å². The Hall–Kier alpha value is -2.34. The quantitative estimate of drug-likeness (QED) is 0.812. The van der Waals surface area contributed by atoms with E-state index in [0.29, 0.717) is 5.92 Å². The molecule has 1 unspecified atom stereocenters. The summed E-state index contributed by atoms with van der Waals surface area (Å²) in [5.41, 5.74) is 4.92. The molecule has 1 N–H and O–H groups in total. The number of aryl methyl sites for hydroxylation is 1. The number of aromatic nitrogens is 2. The third-order valence-electron chi connectivity index (χ3n) is 3.76. The smallest absolute Gasteiger partial charge is 0.158 e. The van der Waals surface area contributed by atoms with Gasteiger partial charge < -0.3 is 4.98 Å². The number of nitrogens with one attached hydrogen (secondary N) is 1. The number of allylic oxidation sites excluding steroid dienone is 1. The lowest BCUT2D eigenvalue weighted by molar-refractivity contribution is 0.580. The normalized spacial score (nSPS) is 19.9. The van der Waals surface area contributed by atoms with Crippen LogP contribution in [-0.2, 0) is 12.8 Å². The van der Waals surface area contributed by atoms with Crippen molar-refractivity contribution in [3.63, 3.8) is 0 Å². The minimum absolute atomic E-state index is 0.407. The zero-order valence-corrected chi connectivity index (χ0v) is 10.6. The van der Waals surface area contributed by atoms with Gasteiger partial charge in [-0.2, -0.15) is 0 Å². The molecule has 0 amide bonds. The second kappa shape index (κ2) is 5.11. The van der Waals surface area contributed by atoms with Crippen molar-refractivity contribution in [3.05, 3.63) is 71.2 Å². The fourth-order valence-electron chi connectivity index (χ4n) is 2.84. The standard InChI is InChI=1S/C16H15N3/c1-17-10-16-13(8-14-9-18-11-19-14)7-6-12-4-2-3-5-15(12)16/h2-5,9-11,13H,6-8H2,(H,18,19). The molecule has 1 aliphatic carbocycles. The molecule has 1 aromatic heterocycles. The van der Waals surface area contributed by atoms with E-state index in [1.807, 2.05) is 6.20 Å². The Labute approximate surface area is 112 Å². The summed E-state index contributed by atoms with van der Waals surface area (Å²) in [5.74, 6) is 0.407. The third kappa shape index (κ3) is 2.30. The first-order valence-corrected chi connectivity index (χ1v) is 6.50. The SMILES string of the molecule is [C-]#[N+]C=C1c2ccccc2CCC1Cc1cnc[nH]1. The van der Waals surface area contributed by atoms with Gasteiger partial charge in [0.2, 0.25) is 0 Å². The lowest BCUT2D eigenvalue weighted by Gasteiger charge is -2.27. The number of hydrogen-bond acceptors (Lipinski definition) is 1. The number of benzene rings is 1. The number of hydrogen-bond donors (Lipinski definition) is 1. The monoisotopic (exact) mass is 249 g/mol. The number of aromatic amines is 1. The zero-order chi connectivity index (χ0) is 13.1. The molecule has 1 aliphatic rings. The number of H-pyrrole nitrogens is 1. The summed E-state index contributed by atoms with van der Waals surface area (Å²) in [7, 11) is 0. The second-order valence-corrected chi connectivity index (χ2v) is 4.89. The van der Waals surface area contributed by atoms with Crippen LogP contribution in [0.1, 0.15) is 23.2 Å². The van der Waals surface area contributed by atoms with E-state index in [-0.39, 0.29) is 0 Å². The van der Waals surface area contributed by atoms with Gasteiger partial charge in [0.05, 0.1) is 12.9 Å². The van der Waals surface area contributed by atoms with E-state index in [4.69, 9.17) is 6.57 Å². The minimum Gasteiger partial charge on any atom is -0.348 e. The molecule has 0 saturated heterocycles. The predicted octanol–water partition coefficient (Wildman–Crippen LogP) is 3.47. The van der Waals surface area contributed by atoms with Crippen molar-refractivity contribution in [3.8, 4) is 0 Å². The van der Waals surface area contributed by atoms with Crippen LogP contribution in [0.4, 0.5) is 0 Å². The highest BCUT2D eigenvalue weighted by molar-refractivity contribution is 5.72. The molecular weight excluding hydrogens is 234 g/mol. The molecule has 1 heterocycles. The third-order valence-corrected chi connectivity index (χ3v) is 3.76. The summed E-state index contributed by atoms with van der Waals surface area (Å²) in [5, 5.41) is 0. The Morgan fingerprint density at radius 2 is 2.32 bits per heavy atom. The van der Waals surface area contributed by atoms with Gasteiger partial charge in [0.15, 0.2) is 6.20 Å². The van der Waals surface area contributed by atoms with Crippen molar-refractivity contribution >= 4 is 5.57 Å². The Morgan fingerprint density at radius 3 is 3.11 bits per heavy atom. The highest BCUT2D eigenvalue weighted by atomic mass is 14.9. The number of fused-ring (bicyclic) bond motifs is 1. The molecule has 0 bridgehead atoms. The van der Waals surface area contributed by atoms with Gasteiger partial charge in [0.25, 0.3) is 0 Å². The van der Waals surface area contributed by atoms with E-state index in [2.05, 4.69) is 39.1 Å². The molecule has 94 valence electrons. The van der Waals surface area contributed by atoms with Gasteiger partial charge in [0, 0.05) is 11.9 Å². The maximum atomic E-state index is 7.15. The Kier molecular flexibility index (Phi) is 3.16. The first-order chi connectivity index (χ1) is 9.38. The van der Waals surface area contributed by atoms with Crippen molar-refractivity contribution < 1.29 is 0 Å². The topological polar surface area (TPSA) is 33.0 Å². The maximum Gasteiger partial charge on any atom is 0.158 e. The van der Waals surface area contributed by atoms with Crippen molar-refractivity contribution in [2.24, 2.45) is 5.92 Å². The first kappa shape index (κ1) is 11.7. The van der Waals surface area contributed by atoms with Gasteiger partial charge in [-0.25, -0.2) is 9.83 Å². The van der Waals surface area contributed by atoms with Gasteiger partial charge in [-0.15, -0.1) is 0 Å². The van der Waals surface area contributed by atoms with Gasteiger partial charge in [-0.1, -0.05) is 24.3 Å². The minimum atomic E-state index is 0.407. The van der Waals surface area contributed by atoms with Crippen molar-refractivity contribution in [2.45, 2.75) is 19.3 Å². The average molecular weight is 249 g/mol. The summed E-state index contributed by atoms with van der Waals surface area (Å²) in [6, 6.07) is 8.42. The predicted molar refractivity (Wildman–Crippen MR) is 75.1 cm³/mol. The first-order valence-electron chi connectivity index (χ1n) is 6.50. The highest BCUT2D eigenvalue weighted by Crippen LogP contribution is 2.37. The molecule has 0 spiro atoms. The van der Waals surface area contributed by atoms with Crippen LogP contribution in [0.3, 0.4) is 0 Å². The van der Waals surface area contributed by atoms with E-state index >= 15 is 0 Å². The van der Waals surface area contributed by atoms with E-state index < -0.39 is 0 Å². The zero-order valence-electron chi connectivity index (χ0n) is 10.6. The number of rotatable bonds is 2. The largest absolute Gasteiger partial charge is 0.348 e. The van der Waals surface area contributed by atoms with Gasteiger partial charge in [0.1, 0.15) is 0 Å². The van der Waals surface area contributed by atoms with Gasteiger partial charge >= 0.3 is 0 Å². The van der Waals surface area contributed by atoms with Crippen LogP contribution in [0.2, 0.25) is 0 Å². The van der Waals surface area contributed by atoms with Crippen molar-refractivity contribution in [1.82, 2.24) is 9.97 Å². The van der Waals surface area contributed by atoms with Gasteiger partial charge in [-0.05, 0) is 41.9 Å². The van der Waals surface area contributed by atoms with E-state index in [9.17, 15) is 0 Å². The summed E-state index contributed by atoms with van der Waals surface area (Å²) in [4.78, 5) is 10.7. The van der Waals surface area contributed by atoms with Crippen LogP contribution >= 0.6 is 0 Å². The van der Waals surface area contributed by atoms with E-state index in [1.165, 1.54) is 16.7 Å². The number of nitrogens with zero attached hydrogens (tertiary/aromatic N) is 2. The molecule has 1 atom stereocenters. The Morgan fingerprint density at radius 1 is 1.42 bits per heavy atom. The summed E-state index contributed by atoms with van der Waals surface area (Å²) in [6.45, 7) is 7.15. The molecule has 3 rings (SSSR count). The second-order valence-electron chi connectivity index (χ2n) is 4.89. The highest BCUT2D eigenvalue weighted by Gasteiger charge is 2.23. The van der Waals surface area contributed by atoms with Crippen molar-refractivity contribution in [1.29, 1.82) is 0 Å². The van der Waals surface area contributed by atoms with E-state index in [0.717, 1.165) is 25.0 Å². The molecule has 19 heavy (non-hydrogen) atoms. The van der Waals surface area contributed by atoms with Crippen LogP contribution in [0.25, 0.3) is 10.4 Å². The molecule has 0 fully saturated rings. The molecule has 1 aromatic carbocycles. The van der Waals surface area contributed by atoms with E-state index in [1.54, 1.807) is 12.5 Å². The summed E-state index contributed by atoms with van der Waals surface area (Å²) < 4.78 is 0. The van der Waals surface area contributed by atoms with Crippen LogP contribution in [-0.4, -0.2) is 9.97 Å². The Balaban J connectivity index is 1.95. The van der Waals surface area contributed by atoms with Crippen LogP contribution in [0.5, 0.6) is 0 Å². The average Bonchev–Trinajstić information content (AvgIpc) is 2.94. The van der Waals surface area contributed by atoms with Crippen LogP contribution in [0.15, 0.2) is 43.0 Å². The Bertz CT molecular complexity index is 632. The fourth-order valence-corrected chi connectivity index (χ4v) is 2.84. The summed E-state index contributed by atoms with van der Waals surface area (Å²) >= 11 is 0. The summed E-state index contributed by atoms with van der Waals surface area (Å²) in [6.07, 6.45) is 8.39. The number of imidazole rings is 1. The lowest BCUT2D eigenvalue weighted by atomic mass is 9.78. The van der Waals surface area contributed by atoms with Crippen LogP contribution < -0.4 is 0 Å². The molecule has 0 radical (unpaired) electrons. The molecule has 3 nitrogen and oxygen atoms in total. The van der Waals surface area contributed by atoms with Crippen LogP contribution in [0, 0.1) is 12.5 Å². The lowest BCUT2D eigenvalue weighted by Crippen LogP contribution is -2.15. The molecular formula is C16H15N3. The molecule has 3 heteroatoms. The molecule has 0 saturated carbocycles. The maximum absolute atomic E-state index is 7.15. The molecule has 0 aliphatic heterocycles. The fraction of sp³-hybridized carbons (Fsp3) is 0.250. The van der Waals surface area contributed by atoms with Gasteiger partial charge in [-0.3, -0.25) is 0 Å². The molecule has 2 aromatic rings.